The lowest BCUT2D eigenvalue weighted by Crippen LogP contribution is -2.52. The Kier molecular flexibility index (Phi) is 6.56. The number of hydrazine groups is 1. The molecule has 2 fully saturated rings. The second-order valence-electron chi connectivity index (χ2n) is 7.77. The lowest BCUT2D eigenvalue weighted by Gasteiger charge is -2.42. The van der Waals surface area contributed by atoms with E-state index >= 15 is 0 Å². The molecule has 6 heteroatoms. The van der Waals surface area contributed by atoms with Crippen molar-refractivity contribution in [3.05, 3.63) is 34.9 Å². The van der Waals surface area contributed by atoms with Gasteiger partial charge in [0.25, 0.3) is 0 Å². The SMILES string of the molecule is CCOC(=O)C1(Cc2cccc(Cl)c2)CCCN(CC2CC(C)NN2)C1. The van der Waals surface area contributed by atoms with Crippen LogP contribution in [0.15, 0.2) is 24.3 Å². The molecule has 2 N–H and O–H groups in total. The second kappa shape index (κ2) is 8.70. The molecule has 26 heavy (non-hydrogen) atoms. The van der Waals surface area contributed by atoms with Crippen molar-refractivity contribution in [1.29, 1.82) is 0 Å². The minimum absolute atomic E-state index is 0.0736. The van der Waals surface area contributed by atoms with E-state index in [-0.39, 0.29) is 5.97 Å². The number of rotatable bonds is 6. The van der Waals surface area contributed by atoms with Gasteiger partial charge in [0.1, 0.15) is 0 Å². The summed E-state index contributed by atoms with van der Waals surface area (Å²) in [7, 11) is 0. The number of hydrogen-bond acceptors (Lipinski definition) is 5. The molecule has 0 bridgehead atoms. The van der Waals surface area contributed by atoms with Crippen LogP contribution in [-0.4, -0.2) is 49.2 Å². The number of ether oxygens (including phenoxy) is 1. The largest absolute Gasteiger partial charge is 0.466 e. The predicted octanol–water partition coefficient (Wildman–Crippen LogP) is 2.78. The number of carbonyl (C=O) groups excluding carboxylic acids is 1. The number of carbonyl (C=O) groups is 1. The fourth-order valence-electron chi connectivity index (χ4n) is 4.32. The van der Waals surface area contributed by atoms with Gasteiger partial charge in [0, 0.05) is 30.2 Å². The summed E-state index contributed by atoms with van der Waals surface area (Å²) < 4.78 is 5.50. The fourth-order valence-corrected chi connectivity index (χ4v) is 4.54. The third-order valence-electron chi connectivity index (χ3n) is 5.45. The van der Waals surface area contributed by atoms with E-state index in [1.807, 2.05) is 25.1 Å². The smallest absolute Gasteiger partial charge is 0.313 e. The molecule has 0 aliphatic carbocycles. The van der Waals surface area contributed by atoms with Crippen LogP contribution in [0.2, 0.25) is 5.02 Å². The minimum Gasteiger partial charge on any atom is -0.466 e. The normalized spacial score (nSPS) is 29.7. The molecule has 1 aromatic carbocycles. The van der Waals surface area contributed by atoms with Gasteiger partial charge >= 0.3 is 5.97 Å². The Morgan fingerprint density at radius 2 is 2.27 bits per heavy atom. The molecular weight excluding hydrogens is 350 g/mol. The van der Waals surface area contributed by atoms with E-state index in [9.17, 15) is 4.79 Å². The number of piperidine rings is 1. The molecule has 3 rings (SSSR count). The number of esters is 1. The van der Waals surface area contributed by atoms with Crippen LogP contribution in [-0.2, 0) is 16.0 Å². The van der Waals surface area contributed by atoms with E-state index in [0.29, 0.717) is 30.1 Å². The maximum absolute atomic E-state index is 12.9. The lowest BCUT2D eigenvalue weighted by atomic mass is 9.75. The molecular formula is C20H30ClN3O2. The summed E-state index contributed by atoms with van der Waals surface area (Å²) in [5.74, 6) is -0.0736. The Labute approximate surface area is 161 Å². The zero-order valence-corrected chi connectivity index (χ0v) is 16.5. The third kappa shape index (κ3) is 4.77. The number of likely N-dealkylation sites (tertiary alicyclic amines) is 1. The molecule has 2 aliphatic heterocycles. The number of halogens is 1. The highest BCUT2D eigenvalue weighted by Gasteiger charge is 2.44. The molecule has 0 amide bonds. The van der Waals surface area contributed by atoms with E-state index in [1.165, 1.54) is 0 Å². The van der Waals surface area contributed by atoms with E-state index in [1.54, 1.807) is 0 Å². The number of benzene rings is 1. The maximum atomic E-state index is 12.9. The Morgan fingerprint density at radius 1 is 1.42 bits per heavy atom. The Bertz CT molecular complexity index is 627. The number of nitrogens with one attached hydrogen (secondary N) is 2. The highest BCUT2D eigenvalue weighted by Crippen LogP contribution is 2.36. The molecule has 0 aromatic heterocycles. The van der Waals surface area contributed by atoms with Gasteiger partial charge in [0.15, 0.2) is 0 Å². The van der Waals surface area contributed by atoms with Crippen molar-refractivity contribution in [2.45, 2.75) is 51.6 Å². The fraction of sp³-hybridized carbons (Fsp3) is 0.650. The summed E-state index contributed by atoms with van der Waals surface area (Å²) in [6.07, 6.45) is 3.66. The number of nitrogens with zero attached hydrogens (tertiary/aromatic N) is 1. The van der Waals surface area contributed by atoms with E-state index < -0.39 is 5.41 Å². The first-order valence-corrected chi connectivity index (χ1v) is 10.0. The quantitative estimate of drug-likeness (QED) is 0.744. The first-order chi connectivity index (χ1) is 12.5. The first-order valence-electron chi connectivity index (χ1n) is 9.66. The van der Waals surface area contributed by atoms with Gasteiger partial charge in [-0.15, -0.1) is 0 Å². The van der Waals surface area contributed by atoms with Crippen LogP contribution in [0, 0.1) is 5.41 Å². The standard InChI is InChI=1S/C20H30ClN3O2/c1-3-26-19(25)20(12-16-6-4-7-17(21)11-16)8-5-9-24(14-20)13-18-10-15(2)22-23-18/h4,6-7,11,15,18,22-23H,3,5,8-10,12-14H2,1-2H3. The Hall–Kier alpha value is -1.14. The van der Waals surface area contributed by atoms with Gasteiger partial charge in [-0.3, -0.25) is 15.6 Å². The van der Waals surface area contributed by atoms with Crippen LogP contribution < -0.4 is 10.9 Å². The van der Waals surface area contributed by atoms with Gasteiger partial charge < -0.3 is 9.64 Å². The van der Waals surface area contributed by atoms with Gasteiger partial charge in [-0.05, 0) is 63.8 Å². The van der Waals surface area contributed by atoms with Crippen LogP contribution in [0.4, 0.5) is 0 Å². The summed E-state index contributed by atoms with van der Waals surface area (Å²) in [6, 6.07) is 8.75. The Morgan fingerprint density at radius 3 is 2.96 bits per heavy atom. The maximum Gasteiger partial charge on any atom is 0.313 e. The van der Waals surface area contributed by atoms with Crippen molar-refractivity contribution < 1.29 is 9.53 Å². The molecule has 2 aliphatic rings. The summed E-state index contributed by atoms with van der Waals surface area (Å²) in [4.78, 5) is 15.4. The number of hydrogen-bond donors (Lipinski definition) is 2. The van der Waals surface area contributed by atoms with Crippen LogP contribution in [0.3, 0.4) is 0 Å². The van der Waals surface area contributed by atoms with Crippen LogP contribution in [0.25, 0.3) is 0 Å². The topological polar surface area (TPSA) is 53.6 Å². The molecule has 144 valence electrons. The summed E-state index contributed by atoms with van der Waals surface area (Å²) in [6.45, 7) is 7.20. The molecule has 0 spiro atoms. The van der Waals surface area contributed by atoms with E-state index in [0.717, 1.165) is 44.5 Å². The van der Waals surface area contributed by atoms with Crippen LogP contribution >= 0.6 is 11.6 Å². The van der Waals surface area contributed by atoms with Gasteiger partial charge in [0.2, 0.25) is 0 Å². The van der Waals surface area contributed by atoms with Crippen LogP contribution in [0.1, 0.15) is 38.7 Å². The average molecular weight is 380 g/mol. The van der Waals surface area contributed by atoms with E-state index in [2.05, 4.69) is 28.7 Å². The van der Waals surface area contributed by atoms with Gasteiger partial charge in [-0.2, -0.15) is 0 Å². The van der Waals surface area contributed by atoms with Gasteiger partial charge in [-0.25, -0.2) is 0 Å². The highest BCUT2D eigenvalue weighted by atomic mass is 35.5. The lowest BCUT2D eigenvalue weighted by molar-refractivity contribution is -0.159. The molecule has 0 radical (unpaired) electrons. The molecule has 5 nitrogen and oxygen atoms in total. The second-order valence-corrected chi connectivity index (χ2v) is 8.20. The zero-order valence-electron chi connectivity index (χ0n) is 15.8. The summed E-state index contributed by atoms with van der Waals surface area (Å²) >= 11 is 6.16. The molecule has 3 atom stereocenters. The molecule has 2 heterocycles. The monoisotopic (exact) mass is 379 g/mol. The molecule has 3 unspecified atom stereocenters. The summed E-state index contributed by atoms with van der Waals surface area (Å²) in [5.41, 5.74) is 7.26. The van der Waals surface area contributed by atoms with Crippen molar-refractivity contribution >= 4 is 17.6 Å². The molecule has 0 saturated carbocycles. The third-order valence-corrected chi connectivity index (χ3v) is 5.68. The summed E-state index contributed by atoms with van der Waals surface area (Å²) in [5, 5.41) is 0.712. The van der Waals surface area contributed by atoms with Crippen molar-refractivity contribution in [2.75, 3.05) is 26.2 Å². The van der Waals surface area contributed by atoms with Gasteiger partial charge in [0.05, 0.1) is 12.0 Å². The van der Waals surface area contributed by atoms with Gasteiger partial charge in [-0.1, -0.05) is 23.7 Å². The van der Waals surface area contributed by atoms with Crippen molar-refractivity contribution in [3.8, 4) is 0 Å². The van der Waals surface area contributed by atoms with E-state index in [4.69, 9.17) is 16.3 Å². The molecule has 2 saturated heterocycles. The van der Waals surface area contributed by atoms with Crippen molar-refractivity contribution in [1.82, 2.24) is 15.8 Å². The highest BCUT2D eigenvalue weighted by molar-refractivity contribution is 6.30. The molecule has 1 aromatic rings. The van der Waals surface area contributed by atoms with Crippen molar-refractivity contribution in [3.63, 3.8) is 0 Å². The van der Waals surface area contributed by atoms with Crippen LogP contribution in [0.5, 0.6) is 0 Å². The first kappa shape index (κ1) is 19.6. The minimum atomic E-state index is -0.489. The predicted molar refractivity (Wildman–Crippen MR) is 104 cm³/mol. The average Bonchev–Trinajstić information content (AvgIpc) is 3.00. The zero-order chi connectivity index (χ0) is 18.6. The van der Waals surface area contributed by atoms with Crippen molar-refractivity contribution in [2.24, 2.45) is 5.41 Å². The Balaban J connectivity index is 1.75.